The van der Waals surface area contributed by atoms with Crippen LogP contribution >= 0.6 is 27.7 Å². The van der Waals surface area contributed by atoms with Crippen LogP contribution in [0.1, 0.15) is 43.0 Å². The van der Waals surface area contributed by atoms with Crippen molar-refractivity contribution in [2.75, 3.05) is 5.75 Å². The van der Waals surface area contributed by atoms with Crippen molar-refractivity contribution in [3.05, 3.63) is 106 Å². The maximum absolute atomic E-state index is 13.7. The van der Waals surface area contributed by atoms with Gasteiger partial charge in [0, 0.05) is 28.7 Å². The highest BCUT2D eigenvalue weighted by molar-refractivity contribution is 9.10. The van der Waals surface area contributed by atoms with Crippen molar-refractivity contribution in [3.8, 4) is 0 Å². The number of amides is 2. The molecule has 3 aromatic carbocycles. The summed E-state index contributed by atoms with van der Waals surface area (Å²) < 4.78 is 0.945. The van der Waals surface area contributed by atoms with E-state index in [2.05, 4.69) is 40.3 Å². The Morgan fingerprint density at radius 3 is 2.28 bits per heavy atom. The van der Waals surface area contributed by atoms with Crippen molar-refractivity contribution < 1.29 is 9.59 Å². The molecule has 0 aliphatic carbocycles. The van der Waals surface area contributed by atoms with Gasteiger partial charge in [-0.05, 0) is 62.1 Å². The zero-order chi connectivity index (χ0) is 26.1. The third-order valence-electron chi connectivity index (χ3n) is 5.76. The molecule has 0 saturated carbocycles. The van der Waals surface area contributed by atoms with Gasteiger partial charge in [-0.25, -0.2) is 0 Å². The molecule has 36 heavy (non-hydrogen) atoms. The minimum absolute atomic E-state index is 0.0430. The number of thioether (sulfide) groups is 1. The van der Waals surface area contributed by atoms with Gasteiger partial charge >= 0.3 is 0 Å². The van der Waals surface area contributed by atoms with E-state index in [0.717, 1.165) is 21.4 Å². The minimum atomic E-state index is -0.628. The predicted molar refractivity (Wildman–Crippen MR) is 154 cm³/mol. The summed E-state index contributed by atoms with van der Waals surface area (Å²) in [6, 6.07) is 25.4. The van der Waals surface area contributed by atoms with E-state index in [-0.39, 0.29) is 11.8 Å². The molecule has 0 saturated heterocycles. The van der Waals surface area contributed by atoms with Crippen LogP contribution in [0.15, 0.2) is 83.3 Å². The lowest BCUT2D eigenvalue weighted by molar-refractivity contribution is -0.140. The maximum Gasteiger partial charge on any atom is 0.243 e. The summed E-state index contributed by atoms with van der Waals surface area (Å²) in [5.74, 6) is 0.869. The highest BCUT2D eigenvalue weighted by atomic mass is 79.9. The number of carbonyl (C=O) groups is 2. The molecule has 3 aromatic rings. The third kappa shape index (κ3) is 8.82. The maximum atomic E-state index is 13.7. The summed E-state index contributed by atoms with van der Waals surface area (Å²) in [7, 11) is 0. The summed E-state index contributed by atoms with van der Waals surface area (Å²) in [6.45, 7) is 8.33. The molecule has 0 bridgehead atoms. The fourth-order valence-electron chi connectivity index (χ4n) is 3.94. The number of benzene rings is 3. The summed E-state index contributed by atoms with van der Waals surface area (Å²) >= 11 is 5.12. The van der Waals surface area contributed by atoms with Crippen molar-refractivity contribution in [2.24, 2.45) is 0 Å². The Morgan fingerprint density at radius 1 is 0.944 bits per heavy atom. The molecule has 0 fully saturated rings. The number of halogens is 1. The Hall–Kier alpha value is -2.57. The van der Waals surface area contributed by atoms with Gasteiger partial charge in [0.15, 0.2) is 0 Å². The van der Waals surface area contributed by atoms with Crippen LogP contribution in [0.5, 0.6) is 0 Å². The Labute approximate surface area is 228 Å². The van der Waals surface area contributed by atoms with Gasteiger partial charge in [-0.2, -0.15) is 0 Å². The second-order valence-electron chi connectivity index (χ2n) is 10.0. The van der Waals surface area contributed by atoms with Gasteiger partial charge in [-0.3, -0.25) is 9.59 Å². The summed E-state index contributed by atoms with van der Waals surface area (Å²) in [5.41, 5.74) is 4.03. The van der Waals surface area contributed by atoms with E-state index in [9.17, 15) is 9.59 Å². The van der Waals surface area contributed by atoms with Crippen LogP contribution in [-0.2, 0) is 28.3 Å². The third-order valence-corrected chi connectivity index (χ3v) is 7.22. The molecule has 190 valence electrons. The Balaban J connectivity index is 1.88. The molecular weight excluding hydrogens is 532 g/mol. The van der Waals surface area contributed by atoms with E-state index in [4.69, 9.17) is 0 Å². The lowest BCUT2D eigenvalue weighted by Gasteiger charge is -2.34. The monoisotopic (exact) mass is 566 g/mol. The molecule has 0 aliphatic rings. The second-order valence-corrected chi connectivity index (χ2v) is 11.9. The average molecular weight is 568 g/mol. The first kappa shape index (κ1) is 28.0. The molecule has 1 unspecified atom stereocenters. The standard InChI is InChI=1S/C30H35BrN2O2S/c1-22-11-8-9-15-25(22)20-36-21-28(34)33(19-24-14-10-16-26(31)17-24)27(29(35)32-30(2,3)4)18-23-12-6-5-7-13-23/h5-17,27H,18-21H2,1-4H3,(H,32,35). The first-order chi connectivity index (χ1) is 17.1. The highest BCUT2D eigenvalue weighted by Crippen LogP contribution is 2.21. The van der Waals surface area contributed by atoms with Gasteiger partial charge in [0.1, 0.15) is 6.04 Å². The topological polar surface area (TPSA) is 49.4 Å². The molecule has 0 aliphatic heterocycles. The highest BCUT2D eigenvalue weighted by Gasteiger charge is 2.32. The lowest BCUT2D eigenvalue weighted by Crippen LogP contribution is -2.54. The molecule has 2 amide bonds. The molecule has 3 rings (SSSR count). The largest absolute Gasteiger partial charge is 0.350 e. The van der Waals surface area contributed by atoms with Gasteiger partial charge in [-0.15, -0.1) is 11.8 Å². The van der Waals surface area contributed by atoms with E-state index in [1.807, 2.05) is 87.5 Å². The van der Waals surface area contributed by atoms with E-state index in [1.54, 1.807) is 16.7 Å². The smallest absolute Gasteiger partial charge is 0.243 e. The summed E-state index contributed by atoms with van der Waals surface area (Å²) in [4.78, 5) is 29.1. The van der Waals surface area contributed by atoms with Crippen LogP contribution in [0.3, 0.4) is 0 Å². The van der Waals surface area contributed by atoms with Crippen molar-refractivity contribution >= 4 is 39.5 Å². The quantitative estimate of drug-likeness (QED) is 0.303. The Kier molecular flexibility index (Phi) is 10.2. The number of aryl methyl sites for hydroxylation is 1. The molecular formula is C30H35BrN2O2S. The van der Waals surface area contributed by atoms with Gasteiger partial charge in [-0.1, -0.05) is 82.7 Å². The first-order valence-corrected chi connectivity index (χ1v) is 14.1. The first-order valence-electron chi connectivity index (χ1n) is 12.1. The van der Waals surface area contributed by atoms with Gasteiger partial charge in [0.05, 0.1) is 5.75 Å². The van der Waals surface area contributed by atoms with Gasteiger partial charge in [0.25, 0.3) is 0 Å². The lowest BCUT2D eigenvalue weighted by atomic mass is 10.0. The average Bonchev–Trinajstić information content (AvgIpc) is 2.82. The molecule has 0 radical (unpaired) electrons. The number of carbonyl (C=O) groups excluding carboxylic acids is 2. The van der Waals surface area contributed by atoms with Crippen molar-refractivity contribution in [2.45, 2.75) is 58.0 Å². The fraction of sp³-hybridized carbons (Fsp3) is 0.333. The number of hydrogen-bond acceptors (Lipinski definition) is 3. The number of rotatable bonds is 10. The van der Waals surface area contributed by atoms with Crippen LogP contribution in [0.25, 0.3) is 0 Å². The Bertz CT molecular complexity index is 1160. The van der Waals surface area contributed by atoms with Gasteiger partial charge < -0.3 is 10.2 Å². The van der Waals surface area contributed by atoms with Crippen molar-refractivity contribution in [1.29, 1.82) is 0 Å². The molecule has 0 heterocycles. The number of nitrogens with one attached hydrogen (secondary N) is 1. The minimum Gasteiger partial charge on any atom is -0.350 e. The summed E-state index contributed by atoms with van der Waals surface area (Å²) in [5, 5.41) is 3.11. The predicted octanol–water partition coefficient (Wildman–Crippen LogP) is 6.55. The number of hydrogen-bond donors (Lipinski definition) is 1. The van der Waals surface area contributed by atoms with Gasteiger partial charge in [0.2, 0.25) is 11.8 Å². The zero-order valence-corrected chi connectivity index (χ0v) is 23.9. The summed E-state index contributed by atoms with van der Waals surface area (Å²) in [6.07, 6.45) is 0.449. The molecule has 0 spiro atoms. The van der Waals surface area contributed by atoms with Crippen molar-refractivity contribution in [3.63, 3.8) is 0 Å². The molecule has 0 aromatic heterocycles. The van der Waals surface area contributed by atoms with Crippen LogP contribution in [0, 0.1) is 6.92 Å². The van der Waals surface area contributed by atoms with E-state index < -0.39 is 11.6 Å². The zero-order valence-electron chi connectivity index (χ0n) is 21.5. The molecule has 1 N–H and O–H groups in total. The van der Waals surface area contributed by atoms with Crippen LogP contribution < -0.4 is 5.32 Å². The van der Waals surface area contributed by atoms with Crippen LogP contribution in [-0.4, -0.2) is 34.0 Å². The number of nitrogens with zero attached hydrogens (tertiary/aromatic N) is 1. The van der Waals surface area contributed by atoms with E-state index in [0.29, 0.717) is 18.7 Å². The van der Waals surface area contributed by atoms with Crippen LogP contribution in [0.2, 0.25) is 0 Å². The SMILES string of the molecule is Cc1ccccc1CSCC(=O)N(Cc1cccc(Br)c1)C(Cc1ccccc1)C(=O)NC(C)(C)C. The molecule has 6 heteroatoms. The fourth-order valence-corrected chi connectivity index (χ4v) is 5.38. The Morgan fingerprint density at radius 2 is 1.61 bits per heavy atom. The second kappa shape index (κ2) is 13.1. The molecule has 1 atom stereocenters. The van der Waals surface area contributed by atoms with Crippen LogP contribution in [0.4, 0.5) is 0 Å². The molecule has 4 nitrogen and oxygen atoms in total. The van der Waals surface area contributed by atoms with Crippen molar-refractivity contribution in [1.82, 2.24) is 10.2 Å². The van der Waals surface area contributed by atoms with E-state index >= 15 is 0 Å². The van der Waals surface area contributed by atoms with E-state index in [1.165, 1.54) is 11.1 Å². The normalized spacial score (nSPS) is 12.1.